The maximum atomic E-state index is 12.0. The van der Waals surface area contributed by atoms with E-state index >= 15 is 0 Å². The van der Waals surface area contributed by atoms with Gasteiger partial charge in [-0.25, -0.2) is 4.79 Å². The van der Waals surface area contributed by atoms with Crippen LogP contribution in [0.4, 0.5) is 4.79 Å². The maximum Gasteiger partial charge on any atom is 0.328 e. The summed E-state index contributed by atoms with van der Waals surface area (Å²) in [6.07, 6.45) is 0.294. The molecule has 0 saturated carbocycles. The zero-order valence-corrected chi connectivity index (χ0v) is 11.5. The fraction of sp³-hybridized carbons (Fsp3) is 0.357. The molecule has 6 heteroatoms. The van der Waals surface area contributed by atoms with E-state index in [4.69, 9.17) is 5.11 Å². The summed E-state index contributed by atoms with van der Waals surface area (Å²) in [6.45, 7) is 3.67. The number of urea groups is 1. The Hall–Kier alpha value is -2.21. The van der Waals surface area contributed by atoms with Gasteiger partial charge in [0.05, 0.1) is 0 Å². The summed E-state index contributed by atoms with van der Waals surface area (Å²) >= 11 is 0. The lowest BCUT2D eigenvalue weighted by atomic mass is 9.75. The molecule has 1 aliphatic heterocycles. The number of carbonyl (C=O) groups excluding carboxylic acids is 3. The molecule has 0 bridgehead atoms. The Bertz CT molecular complexity index is 479. The molecular formula is C14H18N2O4. The van der Waals surface area contributed by atoms with Crippen molar-refractivity contribution in [3.8, 4) is 0 Å². The van der Waals surface area contributed by atoms with Crippen LogP contribution in [0, 0.1) is 0 Å². The van der Waals surface area contributed by atoms with Gasteiger partial charge in [0.25, 0.3) is 0 Å². The second kappa shape index (κ2) is 6.81. The van der Waals surface area contributed by atoms with Crippen molar-refractivity contribution >= 4 is 17.8 Å². The van der Waals surface area contributed by atoms with Crippen molar-refractivity contribution in [2.75, 3.05) is 6.61 Å². The van der Waals surface area contributed by atoms with E-state index in [-0.39, 0.29) is 6.61 Å². The third-order valence-corrected chi connectivity index (χ3v) is 3.03. The predicted molar refractivity (Wildman–Crippen MR) is 72.9 cm³/mol. The quantitative estimate of drug-likeness (QED) is 0.694. The first kappa shape index (κ1) is 15.8. The van der Waals surface area contributed by atoms with Crippen LogP contribution in [0.15, 0.2) is 30.3 Å². The number of aliphatic hydroxyl groups excluding tert-OH is 1. The SMILES string of the molecule is CCC1(c2ccccc2)C(=O)NC(=O)NC1=O.CCO. The van der Waals surface area contributed by atoms with Gasteiger partial charge in [0, 0.05) is 6.61 Å². The molecule has 1 fully saturated rings. The Balaban J connectivity index is 0.000000612. The van der Waals surface area contributed by atoms with Crippen LogP contribution in [0.1, 0.15) is 25.8 Å². The standard InChI is InChI=1S/C12H12N2O3.C2H6O/c1-2-12(8-6-4-3-5-7-8)9(15)13-11(17)14-10(12)16;1-2-3/h3-7H,2H2,1H3,(H2,13,14,15,16,17);3H,2H2,1H3. The zero-order chi connectivity index (χ0) is 15.2. The van der Waals surface area contributed by atoms with E-state index in [0.717, 1.165) is 0 Å². The van der Waals surface area contributed by atoms with Gasteiger partial charge in [-0.15, -0.1) is 0 Å². The molecule has 108 valence electrons. The maximum absolute atomic E-state index is 12.0. The topological polar surface area (TPSA) is 95.5 Å². The third kappa shape index (κ3) is 2.85. The van der Waals surface area contributed by atoms with E-state index in [1.807, 2.05) is 0 Å². The molecular weight excluding hydrogens is 260 g/mol. The van der Waals surface area contributed by atoms with Crippen molar-refractivity contribution < 1.29 is 19.5 Å². The van der Waals surface area contributed by atoms with Crippen LogP contribution in [0.2, 0.25) is 0 Å². The van der Waals surface area contributed by atoms with Gasteiger partial charge in [0.2, 0.25) is 11.8 Å². The summed E-state index contributed by atoms with van der Waals surface area (Å²) in [4.78, 5) is 35.0. The average molecular weight is 278 g/mol. The van der Waals surface area contributed by atoms with Crippen LogP contribution in [-0.4, -0.2) is 29.6 Å². The summed E-state index contributed by atoms with van der Waals surface area (Å²) < 4.78 is 0. The highest BCUT2D eigenvalue weighted by Crippen LogP contribution is 2.30. The first-order chi connectivity index (χ1) is 9.52. The van der Waals surface area contributed by atoms with Crippen molar-refractivity contribution in [3.05, 3.63) is 35.9 Å². The van der Waals surface area contributed by atoms with E-state index < -0.39 is 23.3 Å². The number of hydrogen-bond acceptors (Lipinski definition) is 4. The lowest BCUT2D eigenvalue weighted by Gasteiger charge is -2.33. The Morgan fingerprint density at radius 1 is 1.00 bits per heavy atom. The van der Waals surface area contributed by atoms with Gasteiger partial charge < -0.3 is 5.11 Å². The summed E-state index contributed by atoms with van der Waals surface area (Å²) in [5.41, 5.74) is -0.722. The number of hydrogen-bond donors (Lipinski definition) is 3. The highest BCUT2D eigenvalue weighted by molar-refractivity contribution is 6.22. The molecule has 1 saturated heterocycles. The second-order valence-corrected chi connectivity index (χ2v) is 4.18. The van der Waals surface area contributed by atoms with Crippen LogP contribution >= 0.6 is 0 Å². The smallest absolute Gasteiger partial charge is 0.328 e. The number of nitrogens with one attached hydrogen (secondary N) is 2. The van der Waals surface area contributed by atoms with Gasteiger partial charge in [0.15, 0.2) is 5.41 Å². The monoisotopic (exact) mass is 278 g/mol. The summed E-state index contributed by atoms with van der Waals surface area (Å²) in [6, 6.07) is 7.96. The van der Waals surface area contributed by atoms with Crippen molar-refractivity contribution in [2.24, 2.45) is 0 Å². The van der Waals surface area contributed by atoms with Crippen molar-refractivity contribution in [1.29, 1.82) is 0 Å². The number of amides is 4. The van der Waals surface area contributed by atoms with Crippen LogP contribution < -0.4 is 10.6 Å². The molecule has 2 rings (SSSR count). The van der Waals surface area contributed by atoms with E-state index in [2.05, 4.69) is 10.6 Å². The Kier molecular flexibility index (Phi) is 5.40. The van der Waals surface area contributed by atoms with Gasteiger partial charge >= 0.3 is 6.03 Å². The molecule has 3 N–H and O–H groups in total. The average Bonchev–Trinajstić information content (AvgIpc) is 2.41. The molecule has 0 atom stereocenters. The summed E-state index contributed by atoms with van der Waals surface area (Å²) in [5, 5.41) is 11.8. The minimum absolute atomic E-state index is 0.250. The number of imide groups is 2. The number of barbiturate groups is 1. The highest BCUT2D eigenvalue weighted by Gasteiger charge is 2.50. The first-order valence-corrected chi connectivity index (χ1v) is 6.36. The van der Waals surface area contributed by atoms with Crippen molar-refractivity contribution in [3.63, 3.8) is 0 Å². The van der Waals surface area contributed by atoms with Crippen LogP contribution in [0.5, 0.6) is 0 Å². The van der Waals surface area contributed by atoms with E-state index in [1.54, 1.807) is 44.2 Å². The van der Waals surface area contributed by atoms with Gasteiger partial charge in [-0.1, -0.05) is 37.3 Å². The van der Waals surface area contributed by atoms with E-state index in [0.29, 0.717) is 12.0 Å². The summed E-state index contributed by atoms with van der Waals surface area (Å²) in [7, 11) is 0. The minimum Gasteiger partial charge on any atom is -0.397 e. The zero-order valence-electron chi connectivity index (χ0n) is 11.5. The van der Waals surface area contributed by atoms with Crippen molar-refractivity contribution in [2.45, 2.75) is 25.7 Å². The molecule has 0 aliphatic carbocycles. The Labute approximate surface area is 117 Å². The lowest BCUT2D eigenvalue weighted by molar-refractivity contribution is -0.138. The molecule has 0 spiro atoms. The van der Waals surface area contributed by atoms with Gasteiger partial charge in [-0.2, -0.15) is 0 Å². The molecule has 1 aromatic rings. The van der Waals surface area contributed by atoms with E-state index in [9.17, 15) is 14.4 Å². The minimum atomic E-state index is -1.31. The number of aliphatic hydroxyl groups is 1. The van der Waals surface area contributed by atoms with Gasteiger partial charge in [0.1, 0.15) is 0 Å². The first-order valence-electron chi connectivity index (χ1n) is 6.36. The molecule has 20 heavy (non-hydrogen) atoms. The van der Waals surface area contributed by atoms with Crippen LogP contribution in [-0.2, 0) is 15.0 Å². The number of benzene rings is 1. The normalized spacial score (nSPS) is 16.6. The molecule has 6 nitrogen and oxygen atoms in total. The molecule has 4 amide bonds. The molecule has 1 aliphatic rings. The Morgan fingerprint density at radius 2 is 1.45 bits per heavy atom. The van der Waals surface area contributed by atoms with Gasteiger partial charge in [-0.05, 0) is 18.9 Å². The Morgan fingerprint density at radius 3 is 1.85 bits per heavy atom. The molecule has 0 radical (unpaired) electrons. The second-order valence-electron chi connectivity index (χ2n) is 4.18. The van der Waals surface area contributed by atoms with Crippen molar-refractivity contribution in [1.82, 2.24) is 10.6 Å². The largest absolute Gasteiger partial charge is 0.397 e. The third-order valence-electron chi connectivity index (χ3n) is 3.03. The molecule has 0 unspecified atom stereocenters. The fourth-order valence-corrected chi connectivity index (χ4v) is 2.06. The van der Waals surface area contributed by atoms with Crippen LogP contribution in [0.3, 0.4) is 0 Å². The van der Waals surface area contributed by atoms with E-state index in [1.165, 1.54) is 0 Å². The highest BCUT2D eigenvalue weighted by atomic mass is 16.2. The predicted octanol–water partition coefficient (Wildman–Crippen LogP) is 0.699. The van der Waals surface area contributed by atoms with Gasteiger partial charge in [-0.3, -0.25) is 20.2 Å². The number of rotatable bonds is 2. The number of carbonyl (C=O) groups is 3. The fourth-order valence-electron chi connectivity index (χ4n) is 2.06. The molecule has 1 heterocycles. The summed E-state index contributed by atoms with van der Waals surface area (Å²) in [5.74, 6) is -1.14. The molecule has 0 aromatic heterocycles. The molecule has 1 aromatic carbocycles. The lowest BCUT2D eigenvalue weighted by Crippen LogP contribution is -2.64. The van der Waals surface area contributed by atoms with Crippen LogP contribution in [0.25, 0.3) is 0 Å².